The van der Waals surface area contributed by atoms with Gasteiger partial charge in [-0.3, -0.25) is 4.68 Å². The van der Waals surface area contributed by atoms with Crippen LogP contribution < -0.4 is 5.73 Å². The molecule has 0 fully saturated rings. The highest BCUT2D eigenvalue weighted by Crippen LogP contribution is 2.05. The van der Waals surface area contributed by atoms with Crippen LogP contribution in [0.1, 0.15) is 5.69 Å². The van der Waals surface area contributed by atoms with Crippen molar-refractivity contribution in [3.63, 3.8) is 0 Å². The van der Waals surface area contributed by atoms with Crippen LogP contribution in [-0.4, -0.2) is 24.3 Å². The quantitative estimate of drug-likeness (QED) is 0.655. The number of rotatable bonds is 3. The number of hydrogen-bond donors (Lipinski definition) is 2. The van der Waals surface area contributed by atoms with Crippen molar-refractivity contribution in [2.45, 2.75) is 13.5 Å². The molecule has 0 saturated heterocycles. The Hall–Kier alpha value is -0.880. The van der Waals surface area contributed by atoms with Crippen molar-refractivity contribution in [3.8, 4) is 0 Å². The van der Waals surface area contributed by atoms with Gasteiger partial charge in [-0.05, 0) is 6.92 Å². The Bertz CT molecular complexity index is 277. The van der Waals surface area contributed by atoms with Crippen LogP contribution in [0.5, 0.6) is 0 Å². The summed E-state index contributed by atoms with van der Waals surface area (Å²) in [5, 5.41) is 4.03. The Morgan fingerprint density at radius 3 is 2.92 bits per heavy atom. The van der Waals surface area contributed by atoms with Crippen LogP contribution in [0.25, 0.3) is 0 Å². The van der Waals surface area contributed by atoms with E-state index in [0.717, 1.165) is 5.69 Å². The van der Waals surface area contributed by atoms with Gasteiger partial charge in [-0.2, -0.15) is 5.10 Å². The molecule has 1 heterocycles. The smallest absolute Gasteiger partial charge is 0.154 e. The second kappa shape index (κ2) is 3.68. The van der Waals surface area contributed by atoms with Gasteiger partial charge in [0.25, 0.3) is 0 Å². The maximum atomic E-state index is 10.3. The van der Waals surface area contributed by atoms with Crippen LogP contribution in [0, 0.1) is 6.92 Å². The Balaban J connectivity index is 2.58. The van der Waals surface area contributed by atoms with E-state index in [1.807, 2.05) is 0 Å². The van der Waals surface area contributed by atoms with Crippen LogP contribution >= 0.6 is 0 Å². The number of nitrogens with zero attached hydrogens (tertiary/aromatic N) is 2. The average Bonchev–Trinajstić information content (AvgIpc) is 2.28. The third kappa shape index (κ3) is 2.31. The van der Waals surface area contributed by atoms with Crippen molar-refractivity contribution < 1.29 is 8.76 Å². The highest BCUT2D eigenvalue weighted by molar-refractivity contribution is 7.79. The highest BCUT2D eigenvalue weighted by Gasteiger charge is 2.01. The molecule has 0 amide bonds. The SMILES string of the molecule is Cc1nn(CCS(=O)O)cc1N. The van der Waals surface area contributed by atoms with Gasteiger partial charge in [-0.25, -0.2) is 4.21 Å². The number of anilines is 1. The minimum Gasteiger partial charge on any atom is -0.396 e. The first-order valence-electron chi connectivity index (χ1n) is 3.46. The van der Waals surface area contributed by atoms with Crippen LogP contribution in [0.3, 0.4) is 0 Å². The number of aryl methyl sites for hydroxylation is 2. The van der Waals surface area contributed by atoms with Crippen LogP contribution in [0.2, 0.25) is 0 Å². The maximum absolute atomic E-state index is 10.3. The maximum Gasteiger partial charge on any atom is 0.154 e. The van der Waals surface area contributed by atoms with E-state index in [4.69, 9.17) is 10.3 Å². The fraction of sp³-hybridized carbons (Fsp3) is 0.500. The minimum atomic E-state index is -1.77. The Labute approximate surface area is 72.9 Å². The summed E-state index contributed by atoms with van der Waals surface area (Å²) in [6.45, 7) is 2.21. The molecule has 0 aromatic carbocycles. The fourth-order valence-corrected chi connectivity index (χ4v) is 1.16. The summed E-state index contributed by atoms with van der Waals surface area (Å²) in [6, 6.07) is 0. The molecule has 5 nitrogen and oxygen atoms in total. The number of hydrogen-bond acceptors (Lipinski definition) is 3. The topological polar surface area (TPSA) is 81.1 Å². The molecular formula is C6H11N3O2S. The first kappa shape index (κ1) is 9.21. The molecule has 68 valence electrons. The summed E-state index contributed by atoms with van der Waals surface area (Å²) < 4.78 is 20.4. The fourth-order valence-electron chi connectivity index (χ4n) is 0.819. The molecule has 0 aliphatic carbocycles. The van der Waals surface area contributed by atoms with E-state index in [1.54, 1.807) is 17.8 Å². The summed E-state index contributed by atoms with van der Waals surface area (Å²) in [4.78, 5) is 0. The predicted octanol–water partition coefficient (Wildman–Crippen LogP) is -0.00458. The van der Waals surface area contributed by atoms with Crippen molar-refractivity contribution in [3.05, 3.63) is 11.9 Å². The Morgan fingerprint density at radius 2 is 2.50 bits per heavy atom. The lowest BCUT2D eigenvalue weighted by molar-refractivity contribution is 0.551. The van der Waals surface area contributed by atoms with Crippen molar-refractivity contribution in [2.24, 2.45) is 0 Å². The molecule has 0 bridgehead atoms. The van der Waals surface area contributed by atoms with E-state index >= 15 is 0 Å². The van der Waals surface area contributed by atoms with Gasteiger partial charge in [0.15, 0.2) is 11.1 Å². The number of aromatic nitrogens is 2. The van der Waals surface area contributed by atoms with Gasteiger partial charge in [-0.1, -0.05) is 0 Å². The summed E-state index contributed by atoms with van der Waals surface area (Å²) in [5.74, 6) is 0.181. The first-order valence-corrected chi connectivity index (χ1v) is 4.74. The van der Waals surface area contributed by atoms with Crippen molar-refractivity contribution in [1.82, 2.24) is 9.78 Å². The zero-order valence-electron chi connectivity index (χ0n) is 6.73. The zero-order chi connectivity index (χ0) is 9.14. The van der Waals surface area contributed by atoms with E-state index in [0.29, 0.717) is 12.2 Å². The van der Waals surface area contributed by atoms with E-state index in [1.165, 1.54) is 0 Å². The van der Waals surface area contributed by atoms with E-state index < -0.39 is 11.1 Å². The molecule has 0 aliphatic heterocycles. The largest absolute Gasteiger partial charge is 0.396 e. The molecular weight excluding hydrogens is 178 g/mol. The molecule has 1 aromatic heterocycles. The van der Waals surface area contributed by atoms with Gasteiger partial charge >= 0.3 is 0 Å². The molecule has 0 radical (unpaired) electrons. The normalized spacial score (nSPS) is 13.2. The molecule has 0 saturated carbocycles. The standard InChI is InChI=1S/C6H11N3O2S/c1-5-6(7)4-9(8-5)2-3-12(10)11/h4H,2-3,7H2,1H3,(H,10,11). The van der Waals surface area contributed by atoms with Crippen LogP contribution in [0.15, 0.2) is 6.20 Å². The first-order chi connectivity index (χ1) is 5.59. The second-order valence-corrected chi connectivity index (χ2v) is 3.51. The number of nitrogens with two attached hydrogens (primary N) is 1. The molecule has 3 N–H and O–H groups in total. The van der Waals surface area contributed by atoms with E-state index in [9.17, 15) is 4.21 Å². The summed E-state index contributed by atoms with van der Waals surface area (Å²) >= 11 is -1.77. The summed E-state index contributed by atoms with van der Waals surface area (Å²) in [7, 11) is 0. The van der Waals surface area contributed by atoms with Gasteiger partial charge in [0.2, 0.25) is 0 Å². The minimum absolute atomic E-state index is 0.181. The van der Waals surface area contributed by atoms with E-state index in [2.05, 4.69) is 5.10 Å². The summed E-state index contributed by atoms with van der Waals surface area (Å²) in [6.07, 6.45) is 1.65. The lowest BCUT2D eigenvalue weighted by atomic mass is 10.4. The molecule has 0 aliphatic rings. The average molecular weight is 189 g/mol. The molecule has 6 heteroatoms. The second-order valence-electron chi connectivity index (χ2n) is 2.46. The van der Waals surface area contributed by atoms with Crippen molar-refractivity contribution in [2.75, 3.05) is 11.5 Å². The van der Waals surface area contributed by atoms with Crippen molar-refractivity contribution >= 4 is 16.8 Å². The van der Waals surface area contributed by atoms with Gasteiger partial charge in [0.1, 0.15) is 0 Å². The summed E-state index contributed by atoms with van der Waals surface area (Å²) in [5.41, 5.74) is 6.88. The monoisotopic (exact) mass is 189 g/mol. The van der Waals surface area contributed by atoms with E-state index in [-0.39, 0.29) is 5.75 Å². The Kier molecular flexibility index (Phi) is 2.83. The molecule has 1 aromatic rings. The highest BCUT2D eigenvalue weighted by atomic mass is 32.2. The lowest BCUT2D eigenvalue weighted by Gasteiger charge is -1.96. The van der Waals surface area contributed by atoms with Gasteiger partial charge in [0, 0.05) is 6.20 Å². The third-order valence-corrected chi connectivity index (χ3v) is 2.01. The molecule has 12 heavy (non-hydrogen) atoms. The van der Waals surface area contributed by atoms with Crippen LogP contribution in [-0.2, 0) is 17.6 Å². The molecule has 1 unspecified atom stereocenters. The van der Waals surface area contributed by atoms with Crippen LogP contribution in [0.4, 0.5) is 5.69 Å². The van der Waals surface area contributed by atoms with Gasteiger partial charge < -0.3 is 10.3 Å². The van der Waals surface area contributed by atoms with Gasteiger partial charge in [-0.15, -0.1) is 0 Å². The Morgan fingerprint density at radius 1 is 1.83 bits per heavy atom. The number of nitrogen functional groups attached to an aromatic ring is 1. The van der Waals surface area contributed by atoms with Crippen molar-refractivity contribution in [1.29, 1.82) is 0 Å². The third-order valence-electron chi connectivity index (χ3n) is 1.48. The lowest BCUT2D eigenvalue weighted by Crippen LogP contribution is -2.07. The predicted molar refractivity (Wildman–Crippen MR) is 47.0 cm³/mol. The zero-order valence-corrected chi connectivity index (χ0v) is 7.54. The molecule has 0 spiro atoms. The molecule has 1 rings (SSSR count). The van der Waals surface area contributed by atoms with Gasteiger partial charge in [0.05, 0.1) is 23.7 Å². The molecule has 1 atom stereocenters.